The second-order valence-corrected chi connectivity index (χ2v) is 7.67. The number of likely N-dealkylation sites (tertiary alicyclic amines) is 1. The second kappa shape index (κ2) is 11.3. The Bertz CT molecular complexity index is 963. The number of methoxy groups -OCH3 is 1. The lowest BCUT2D eigenvalue weighted by Crippen LogP contribution is -2.43. The van der Waals surface area contributed by atoms with Gasteiger partial charge in [0.1, 0.15) is 5.75 Å². The van der Waals surface area contributed by atoms with Gasteiger partial charge >= 0.3 is 11.8 Å². The molecule has 2 aromatic carbocycles. The summed E-state index contributed by atoms with van der Waals surface area (Å²) < 4.78 is 5.20. The van der Waals surface area contributed by atoms with Gasteiger partial charge in [-0.3, -0.25) is 19.3 Å². The highest BCUT2D eigenvalue weighted by molar-refractivity contribution is 6.40. The van der Waals surface area contributed by atoms with Crippen molar-refractivity contribution in [3.05, 3.63) is 59.7 Å². The van der Waals surface area contributed by atoms with E-state index in [1.165, 1.54) is 0 Å². The van der Waals surface area contributed by atoms with Crippen LogP contribution < -0.4 is 20.7 Å². The molecule has 8 heteroatoms. The van der Waals surface area contributed by atoms with Crippen molar-refractivity contribution in [1.29, 1.82) is 0 Å². The molecule has 0 aromatic heterocycles. The molecular formula is C24H30N4O4. The van der Waals surface area contributed by atoms with Gasteiger partial charge in [0.05, 0.1) is 18.4 Å². The van der Waals surface area contributed by atoms with Crippen LogP contribution in [0.4, 0.5) is 5.69 Å². The Labute approximate surface area is 188 Å². The number of rotatable bonds is 8. The van der Waals surface area contributed by atoms with Gasteiger partial charge < -0.3 is 20.7 Å². The highest BCUT2D eigenvalue weighted by atomic mass is 16.5. The number of benzene rings is 2. The second-order valence-electron chi connectivity index (χ2n) is 7.67. The smallest absolute Gasteiger partial charge is 0.313 e. The van der Waals surface area contributed by atoms with Crippen LogP contribution in [-0.4, -0.2) is 55.4 Å². The van der Waals surface area contributed by atoms with Gasteiger partial charge in [-0.2, -0.15) is 0 Å². The molecule has 0 spiro atoms. The standard InChI is InChI=1S/C24H30N4O4/c1-3-28-13-7-9-18(28)16-26-23(30)24(31)27-21-12-5-4-11-20(21)22(29)25-15-17-8-6-10-19(14-17)32-2/h4-6,8,10-12,14,18H,3,7,9,13,15-16H2,1-2H3,(H,25,29)(H,26,30)(H,27,31)/t18-/m0/s1. The Balaban J connectivity index is 1.57. The molecule has 0 radical (unpaired) electrons. The molecule has 0 saturated carbocycles. The third-order valence-corrected chi connectivity index (χ3v) is 5.62. The Kier molecular flexibility index (Phi) is 8.21. The highest BCUT2D eigenvalue weighted by Gasteiger charge is 2.25. The van der Waals surface area contributed by atoms with Crippen molar-refractivity contribution in [2.24, 2.45) is 0 Å². The molecule has 1 aliphatic heterocycles. The molecular weight excluding hydrogens is 408 g/mol. The molecule has 0 aliphatic carbocycles. The summed E-state index contributed by atoms with van der Waals surface area (Å²) in [6.07, 6.45) is 2.10. The van der Waals surface area contributed by atoms with E-state index < -0.39 is 11.8 Å². The Hall–Kier alpha value is -3.39. The lowest BCUT2D eigenvalue weighted by Gasteiger charge is -2.22. The third kappa shape index (κ3) is 6.07. The molecule has 1 fully saturated rings. The number of carbonyl (C=O) groups is 3. The normalized spacial score (nSPS) is 15.8. The number of hydrogen-bond acceptors (Lipinski definition) is 5. The van der Waals surface area contributed by atoms with Crippen molar-refractivity contribution >= 4 is 23.4 Å². The summed E-state index contributed by atoms with van der Waals surface area (Å²) in [6, 6.07) is 14.2. The van der Waals surface area contributed by atoms with Crippen molar-refractivity contribution < 1.29 is 19.1 Å². The lowest BCUT2D eigenvalue weighted by molar-refractivity contribution is -0.136. The number of hydrogen-bond donors (Lipinski definition) is 3. The SMILES string of the molecule is CCN1CCC[C@H]1CNC(=O)C(=O)Nc1ccccc1C(=O)NCc1cccc(OC)c1. The van der Waals surface area contributed by atoms with Crippen LogP contribution in [0.5, 0.6) is 5.75 Å². The fourth-order valence-electron chi connectivity index (χ4n) is 3.86. The van der Waals surface area contributed by atoms with Crippen LogP contribution in [0, 0.1) is 0 Å². The van der Waals surface area contributed by atoms with Crippen molar-refractivity contribution in [3.8, 4) is 5.75 Å². The van der Waals surface area contributed by atoms with E-state index in [0.29, 0.717) is 18.8 Å². The molecule has 8 nitrogen and oxygen atoms in total. The van der Waals surface area contributed by atoms with Gasteiger partial charge in [0, 0.05) is 19.1 Å². The molecule has 0 unspecified atom stereocenters. The van der Waals surface area contributed by atoms with Crippen LogP contribution in [0.1, 0.15) is 35.7 Å². The predicted molar refractivity (Wildman–Crippen MR) is 123 cm³/mol. The van der Waals surface area contributed by atoms with E-state index in [0.717, 1.165) is 31.5 Å². The molecule has 3 rings (SSSR count). The maximum atomic E-state index is 12.7. The van der Waals surface area contributed by atoms with E-state index in [1.54, 1.807) is 31.4 Å². The van der Waals surface area contributed by atoms with E-state index in [1.807, 2.05) is 24.3 Å². The molecule has 1 saturated heterocycles. The minimum Gasteiger partial charge on any atom is -0.497 e. The lowest BCUT2D eigenvalue weighted by atomic mass is 10.1. The Morgan fingerprint density at radius 2 is 1.88 bits per heavy atom. The minimum absolute atomic E-state index is 0.256. The van der Waals surface area contributed by atoms with Crippen LogP contribution >= 0.6 is 0 Å². The Morgan fingerprint density at radius 1 is 1.06 bits per heavy atom. The molecule has 3 amide bonds. The number of nitrogens with one attached hydrogen (secondary N) is 3. The van der Waals surface area contributed by atoms with Gasteiger partial charge in [-0.1, -0.05) is 31.2 Å². The van der Waals surface area contributed by atoms with Crippen molar-refractivity contribution in [2.45, 2.75) is 32.4 Å². The van der Waals surface area contributed by atoms with Crippen LogP contribution in [0.3, 0.4) is 0 Å². The van der Waals surface area contributed by atoms with E-state index >= 15 is 0 Å². The zero-order valence-electron chi connectivity index (χ0n) is 18.5. The van der Waals surface area contributed by atoms with Gasteiger partial charge in [-0.15, -0.1) is 0 Å². The van der Waals surface area contributed by atoms with Crippen molar-refractivity contribution in [1.82, 2.24) is 15.5 Å². The van der Waals surface area contributed by atoms with Crippen molar-refractivity contribution in [3.63, 3.8) is 0 Å². The number of carbonyl (C=O) groups excluding carboxylic acids is 3. The average Bonchev–Trinajstić information content (AvgIpc) is 3.29. The maximum absolute atomic E-state index is 12.7. The average molecular weight is 439 g/mol. The zero-order chi connectivity index (χ0) is 22.9. The number of likely N-dealkylation sites (N-methyl/N-ethyl adjacent to an activating group) is 1. The van der Waals surface area contributed by atoms with Crippen LogP contribution in [0.15, 0.2) is 48.5 Å². The molecule has 0 bridgehead atoms. The van der Waals surface area contributed by atoms with E-state index in [-0.39, 0.29) is 23.2 Å². The summed E-state index contributed by atoms with van der Waals surface area (Å²) in [5.41, 5.74) is 1.45. The summed E-state index contributed by atoms with van der Waals surface area (Å²) in [5.74, 6) is -1.15. The molecule has 2 aromatic rings. The number of anilines is 1. The van der Waals surface area contributed by atoms with E-state index in [2.05, 4.69) is 27.8 Å². The van der Waals surface area contributed by atoms with Crippen LogP contribution in [0.2, 0.25) is 0 Å². The molecule has 1 aliphatic rings. The van der Waals surface area contributed by atoms with Gasteiger partial charge in [0.2, 0.25) is 0 Å². The topological polar surface area (TPSA) is 99.8 Å². The fraction of sp³-hybridized carbons (Fsp3) is 0.375. The number of amides is 3. The van der Waals surface area contributed by atoms with Gasteiger partial charge in [-0.25, -0.2) is 0 Å². The Morgan fingerprint density at radius 3 is 2.66 bits per heavy atom. The summed E-state index contributed by atoms with van der Waals surface area (Å²) in [7, 11) is 1.58. The number of ether oxygens (including phenoxy) is 1. The first-order valence-electron chi connectivity index (χ1n) is 10.8. The van der Waals surface area contributed by atoms with Gasteiger partial charge in [-0.05, 0) is 55.8 Å². The summed E-state index contributed by atoms with van der Waals surface area (Å²) >= 11 is 0. The molecule has 1 heterocycles. The monoisotopic (exact) mass is 438 g/mol. The molecule has 32 heavy (non-hydrogen) atoms. The van der Waals surface area contributed by atoms with E-state index in [4.69, 9.17) is 4.74 Å². The highest BCUT2D eigenvalue weighted by Crippen LogP contribution is 2.17. The third-order valence-electron chi connectivity index (χ3n) is 5.62. The van der Waals surface area contributed by atoms with E-state index in [9.17, 15) is 14.4 Å². The molecule has 3 N–H and O–H groups in total. The zero-order valence-corrected chi connectivity index (χ0v) is 18.5. The summed E-state index contributed by atoms with van der Waals surface area (Å²) in [5, 5.41) is 8.10. The number of nitrogens with zero attached hydrogens (tertiary/aromatic N) is 1. The quantitative estimate of drug-likeness (QED) is 0.549. The molecule has 1 atom stereocenters. The fourth-order valence-corrected chi connectivity index (χ4v) is 3.86. The minimum atomic E-state index is -0.793. The number of para-hydroxylation sites is 1. The van der Waals surface area contributed by atoms with Gasteiger partial charge in [0.15, 0.2) is 0 Å². The summed E-state index contributed by atoms with van der Waals surface area (Å²) in [4.78, 5) is 39.7. The van der Waals surface area contributed by atoms with Gasteiger partial charge in [0.25, 0.3) is 5.91 Å². The largest absolute Gasteiger partial charge is 0.497 e. The van der Waals surface area contributed by atoms with Crippen molar-refractivity contribution in [2.75, 3.05) is 32.1 Å². The first-order valence-corrected chi connectivity index (χ1v) is 10.8. The first kappa shape index (κ1) is 23.3. The van der Waals surface area contributed by atoms with Crippen LogP contribution in [0.25, 0.3) is 0 Å². The summed E-state index contributed by atoms with van der Waals surface area (Å²) in [6.45, 7) is 4.76. The predicted octanol–water partition coefficient (Wildman–Crippen LogP) is 2.16. The maximum Gasteiger partial charge on any atom is 0.313 e. The van der Waals surface area contributed by atoms with Crippen LogP contribution in [-0.2, 0) is 16.1 Å². The molecule has 170 valence electrons. The first-order chi connectivity index (χ1) is 15.5.